The van der Waals surface area contributed by atoms with Crippen LogP contribution in [0.4, 0.5) is 5.69 Å². The maximum Gasteiger partial charge on any atom is 0.251 e. The second-order valence-corrected chi connectivity index (χ2v) is 8.62. The second kappa shape index (κ2) is 8.50. The number of fused-ring (bicyclic) bond motifs is 1. The number of pyridine rings is 1. The standard InChI is InChI=1S/C20H27N5O4S/c1-4-20(5-2,23-19(26)14-9-10-22-13(3)11-14)12-29-16-8-6-7-15-17(16)18(21)25-30(27,28)24-15/h6-11,24,27-28H,4-5,12H2,1-3H3,(H2,21,25)(H,23,26). The number of aryl methyl sites for hydroxylation is 1. The van der Waals surface area contributed by atoms with E-state index in [0.29, 0.717) is 35.4 Å². The molecule has 1 aromatic heterocycles. The van der Waals surface area contributed by atoms with Crippen LogP contribution in [0.15, 0.2) is 40.9 Å². The molecule has 0 atom stereocenters. The first-order valence-corrected chi connectivity index (χ1v) is 11.1. The van der Waals surface area contributed by atoms with Crippen LogP contribution in [0.2, 0.25) is 0 Å². The lowest BCUT2D eigenvalue weighted by Crippen LogP contribution is -2.52. The largest absolute Gasteiger partial charge is 0.490 e. The molecule has 1 aliphatic rings. The van der Waals surface area contributed by atoms with Crippen LogP contribution >= 0.6 is 11.0 Å². The molecule has 3 rings (SSSR count). The van der Waals surface area contributed by atoms with Crippen molar-refractivity contribution >= 4 is 28.4 Å². The van der Waals surface area contributed by atoms with Crippen LogP contribution < -0.4 is 20.5 Å². The SMILES string of the molecule is CCC(CC)(COc1cccc2c1C(N)=NS(O)(O)N2)NC(=O)c1ccnc(C)c1. The summed E-state index contributed by atoms with van der Waals surface area (Å²) in [4.78, 5) is 16.9. The fraction of sp³-hybridized carbons (Fsp3) is 0.350. The number of hydrogen-bond acceptors (Lipinski definition) is 8. The van der Waals surface area contributed by atoms with Crippen molar-refractivity contribution in [1.29, 1.82) is 0 Å². The van der Waals surface area contributed by atoms with Crippen molar-refractivity contribution in [3.05, 3.63) is 53.3 Å². The maximum atomic E-state index is 12.8. The summed E-state index contributed by atoms with van der Waals surface area (Å²) in [6.45, 7) is 6.01. The van der Waals surface area contributed by atoms with E-state index in [0.717, 1.165) is 5.69 Å². The lowest BCUT2D eigenvalue weighted by molar-refractivity contribution is 0.0837. The molecule has 6 N–H and O–H groups in total. The Bertz CT molecular complexity index is 975. The van der Waals surface area contributed by atoms with E-state index in [-0.39, 0.29) is 18.3 Å². The van der Waals surface area contributed by atoms with Gasteiger partial charge in [0.2, 0.25) is 0 Å². The van der Waals surface area contributed by atoms with E-state index >= 15 is 0 Å². The molecule has 0 spiro atoms. The highest BCUT2D eigenvalue weighted by atomic mass is 32.3. The minimum absolute atomic E-state index is 0.0192. The predicted molar refractivity (Wildman–Crippen MR) is 119 cm³/mol. The Labute approximate surface area is 177 Å². The highest BCUT2D eigenvalue weighted by Crippen LogP contribution is 2.46. The van der Waals surface area contributed by atoms with Crippen molar-refractivity contribution in [1.82, 2.24) is 10.3 Å². The molecule has 1 amide bonds. The van der Waals surface area contributed by atoms with Crippen molar-refractivity contribution < 1.29 is 18.6 Å². The quantitative estimate of drug-likeness (QED) is 0.450. The Morgan fingerprint density at radius 1 is 1.30 bits per heavy atom. The fourth-order valence-electron chi connectivity index (χ4n) is 3.24. The number of carbonyl (C=O) groups is 1. The van der Waals surface area contributed by atoms with Gasteiger partial charge < -0.3 is 15.8 Å². The van der Waals surface area contributed by atoms with Crippen molar-refractivity contribution in [2.24, 2.45) is 10.1 Å². The number of amides is 1. The molecule has 0 aliphatic carbocycles. The van der Waals surface area contributed by atoms with Crippen LogP contribution in [0.1, 0.15) is 48.3 Å². The summed E-state index contributed by atoms with van der Waals surface area (Å²) in [5.74, 6) is 0.227. The van der Waals surface area contributed by atoms with Crippen molar-refractivity contribution in [2.45, 2.75) is 39.2 Å². The van der Waals surface area contributed by atoms with E-state index in [1.54, 1.807) is 36.5 Å². The molecule has 162 valence electrons. The Hall–Kier alpha value is -2.82. The van der Waals surface area contributed by atoms with Crippen LogP contribution in [-0.4, -0.2) is 38.0 Å². The molecule has 1 aromatic carbocycles. The van der Waals surface area contributed by atoms with Crippen LogP contribution in [0.3, 0.4) is 0 Å². The zero-order chi connectivity index (χ0) is 21.9. The number of rotatable bonds is 7. The molecule has 10 heteroatoms. The zero-order valence-electron chi connectivity index (χ0n) is 17.2. The number of nitrogens with two attached hydrogens (primary N) is 1. The Kier molecular flexibility index (Phi) is 6.20. The van der Waals surface area contributed by atoms with Gasteiger partial charge in [0, 0.05) is 17.5 Å². The first-order valence-electron chi connectivity index (χ1n) is 9.61. The first-order chi connectivity index (χ1) is 14.2. The van der Waals surface area contributed by atoms with Crippen LogP contribution in [0.25, 0.3) is 0 Å². The minimum atomic E-state index is -3.37. The molecular weight excluding hydrogens is 406 g/mol. The van der Waals surface area contributed by atoms with Gasteiger partial charge in [-0.3, -0.25) is 23.6 Å². The number of carbonyl (C=O) groups excluding carboxylic acids is 1. The molecule has 0 radical (unpaired) electrons. The van der Waals surface area contributed by atoms with Gasteiger partial charge in [-0.05, 0) is 55.0 Å². The molecule has 9 nitrogen and oxygen atoms in total. The van der Waals surface area contributed by atoms with Gasteiger partial charge in [-0.25, -0.2) is 0 Å². The summed E-state index contributed by atoms with van der Waals surface area (Å²) in [5, 5.41) is 3.10. The number of hydrogen-bond donors (Lipinski definition) is 5. The fourth-order valence-corrected chi connectivity index (χ4v) is 4.11. The normalized spacial score (nSPS) is 16.0. The summed E-state index contributed by atoms with van der Waals surface area (Å²) < 4.78 is 32.0. The highest BCUT2D eigenvalue weighted by molar-refractivity contribution is 8.24. The summed E-state index contributed by atoms with van der Waals surface area (Å²) >= 11 is 0. The molecule has 2 heterocycles. The Morgan fingerprint density at radius 2 is 2.03 bits per heavy atom. The third kappa shape index (κ3) is 4.66. The van der Waals surface area contributed by atoms with Crippen molar-refractivity contribution in [3.63, 3.8) is 0 Å². The molecule has 0 saturated heterocycles. The first kappa shape index (κ1) is 21.9. The molecule has 2 aromatic rings. The topological polar surface area (TPSA) is 142 Å². The molecule has 30 heavy (non-hydrogen) atoms. The van der Waals surface area contributed by atoms with Crippen molar-refractivity contribution in [2.75, 3.05) is 11.3 Å². The highest BCUT2D eigenvalue weighted by Gasteiger charge is 2.31. The Morgan fingerprint density at radius 3 is 2.70 bits per heavy atom. The number of ether oxygens (including phenoxy) is 1. The Balaban J connectivity index is 1.81. The smallest absolute Gasteiger partial charge is 0.251 e. The number of aromatic nitrogens is 1. The van der Waals surface area contributed by atoms with Gasteiger partial charge in [-0.15, -0.1) is 4.40 Å². The number of nitrogens with zero attached hydrogens (tertiary/aromatic N) is 2. The molecular formula is C20H27N5O4S. The number of nitrogens with one attached hydrogen (secondary N) is 2. The van der Waals surface area contributed by atoms with Gasteiger partial charge in [-0.1, -0.05) is 19.9 Å². The zero-order valence-corrected chi connectivity index (χ0v) is 18.0. The van der Waals surface area contributed by atoms with E-state index in [9.17, 15) is 13.9 Å². The lowest BCUT2D eigenvalue weighted by Gasteiger charge is -2.35. The number of amidine groups is 1. The second-order valence-electron chi connectivity index (χ2n) is 7.19. The van der Waals surface area contributed by atoms with Gasteiger partial charge in [0.1, 0.15) is 12.4 Å². The average molecular weight is 434 g/mol. The van der Waals surface area contributed by atoms with Gasteiger partial charge in [0.25, 0.3) is 5.91 Å². The van der Waals surface area contributed by atoms with E-state index in [2.05, 4.69) is 19.4 Å². The summed E-state index contributed by atoms with van der Waals surface area (Å²) in [6, 6.07) is 8.52. The molecule has 0 unspecified atom stereocenters. The minimum Gasteiger partial charge on any atom is -0.490 e. The maximum absolute atomic E-state index is 12.8. The van der Waals surface area contributed by atoms with E-state index in [4.69, 9.17) is 10.5 Å². The summed E-state index contributed by atoms with van der Waals surface area (Å²) in [6.07, 6.45) is 2.91. The molecule has 0 fully saturated rings. The van der Waals surface area contributed by atoms with Crippen LogP contribution in [-0.2, 0) is 0 Å². The van der Waals surface area contributed by atoms with Gasteiger partial charge in [-0.2, -0.15) is 0 Å². The molecule has 1 aliphatic heterocycles. The monoisotopic (exact) mass is 433 g/mol. The third-order valence-electron chi connectivity index (χ3n) is 5.15. The van der Waals surface area contributed by atoms with E-state index < -0.39 is 16.5 Å². The van der Waals surface area contributed by atoms with Gasteiger partial charge in [0.05, 0.1) is 16.8 Å². The third-order valence-corrected chi connectivity index (χ3v) is 6.10. The van der Waals surface area contributed by atoms with E-state index in [1.165, 1.54) is 0 Å². The van der Waals surface area contributed by atoms with Gasteiger partial charge >= 0.3 is 0 Å². The van der Waals surface area contributed by atoms with Gasteiger partial charge in [0.15, 0.2) is 5.84 Å². The van der Waals surface area contributed by atoms with Crippen LogP contribution in [0.5, 0.6) is 5.75 Å². The summed E-state index contributed by atoms with van der Waals surface area (Å²) in [5.41, 5.74) is 7.54. The molecule has 0 bridgehead atoms. The van der Waals surface area contributed by atoms with Crippen LogP contribution in [0, 0.1) is 6.92 Å². The number of benzene rings is 1. The average Bonchev–Trinajstić information content (AvgIpc) is 2.70. The number of anilines is 1. The van der Waals surface area contributed by atoms with Crippen molar-refractivity contribution in [3.8, 4) is 5.75 Å². The van der Waals surface area contributed by atoms with E-state index in [1.807, 2.05) is 20.8 Å². The summed E-state index contributed by atoms with van der Waals surface area (Å²) in [7, 11) is -3.37. The molecule has 0 saturated carbocycles. The predicted octanol–water partition coefficient (Wildman–Crippen LogP) is 3.47. The lowest BCUT2D eigenvalue weighted by atomic mass is 9.93.